The number of rotatable bonds is 3. The fourth-order valence-corrected chi connectivity index (χ4v) is 4.25. The van der Waals surface area contributed by atoms with Crippen molar-refractivity contribution in [3.05, 3.63) is 74.6 Å². The van der Waals surface area contributed by atoms with Gasteiger partial charge in [-0.2, -0.15) is 0 Å². The Morgan fingerprint density at radius 2 is 1.94 bits per heavy atom. The van der Waals surface area contributed by atoms with Crippen molar-refractivity contribution in [2.75, 3.05) is 5.32 Å². The van der Waals surface area contributed by atoms with Crippen molar-refractivity contribution in [3.63, 3.8) is 0 Å². The average molecular weight is 474 g/mol. The zero-order valence-electron chi connectivity index (χ0n) is 18.3. The van der Waals surface area contributed by atoms with Crippen molar-refractivity contribution in [1.29, 1.82) is 0 Å². The molecule has 0 aliphatic carbocycles. The highest BCUT2D eigenvalue weighted by atomic mass is 16.4. The number of aryl methyl sites for hydroxylation is 1. The number of para-hydroxylation sites is 1. The van der Waals surface area contributed by atoms with E-state index in [1.807, 2.05) is 0 Å². The Hall–Kier alpha value is -4.80. The molecule has 2 aromatic heterocycles. The number of benzene rings is 2. The van der Waals surface area contributed by atoms with Crippen LogP contribution in [-0.2, 0) is 9.59 Å². The molecular weight excluding hydrogens is 456 g/mol. The second-order valence-electron chi connectivity index (χ2n) is 8.12. The van der Waals surface area contributed by atoms with E-state index < -0.39 is 34.9 Å². The normalized spacial score (nSPS) is 15.9. The number of aromatic nitrogens is 2. The number of fused-ring (bicyclic) bond motifs is 2. The van der Waals surface area contributed by atoms with E-state index >= 15 is 0 Å². The average Bonchev–Trinajstić information content (AvgIpc) is 2.80. The first-order valence-corrected chi connectivity index (χ1v) is 10.7. The molecule has 1 unspecified atom stereocenters. The van der Waals surface area contributed by atoms with Crippen LogP contribution in [0.4, 0.5) is 5.69 Å². The third-order valence-corrected chi connectivity index (χ3v) is 5.85. The van der Waals surface area contributed by atoms with Gasteiger partial charge in [0.1, 0.15) is 28.7 Å². The van der Waals surface area contributed by atoms with Crippen LogP contribution in [0.1, 0.15) is 35.1 Å². The van der Waals surface area contributed by atoms with E-state index in [0.717, 1.165) is 6.07 Å². The van der Waals surface area contributed by atoms with E-state index in [9.17, 15) is 29.1 Å². The standard InChI is InChI=1S/C24H18N4O7/c1-11-25-21-13(24(34)28(11)17-6-8-19(30)27-23(17)33)3-2-4-16(21)26-22(32)15-10-20(31)35-18-7-5-12(29)9-14(15)18/h2-5,7,9-10,17,29H,6,8H2,1H3,(H,26,32)(H,27,30,33). The fourth-order valence-electron chi connectivity index (χ4n) is 4.25. The predicted molar refractivity (Wildman–Crippen MR) is 124 cm³/mol. The van der Waals surface area contributed by atoms with Gasteiger partial charge < -0.3 is 14.8 Å². The van der Waals surface area contributed by atoms with E-state index in [1.54, 1.807) is 19.1 Å². The van der Waals surface area contributed by atoms with Crippen LogP contribution in [0, 0.1) is 6.92 Å². The maximum absolute atomic E-state index is 13.3. The van der Waals surface area contributed by atoms with E-state index in [1.165, 1.54) is 28.8 Å². The van der Waals surface area contributed by atoms with Gasteiger partial charge in [0.25, 0.3) is 11.5 Å². The summed E-state index contributed by atoms with van der Waals surface area (Å²) in [4.78, 5) is 66.7. The van der Waals surface area contributed by atoms with Gasteiger partial charge in [0, 0.05) is 17.9 Å². The summed E-state index contributed by atoms with van der Waals surface area (Å²) in [6.07, 6.45) is 0.274. The van der Waals surface area contributed by atoms with E-state index in [0.29, 0.717) is 0 Å². The Balaban J connectivity index is 1.58. The van der Waals surface area contributed by atoms with Gasteiger partial charge in [-0.1, -0.05) is 6.07 Å². The first-order chi connectivity index (χ1) is 16.7. The van der Waals surface area contributed by atoms with Gasteiger partial charge in [-0.05, 0) is 43.7 Å². The number of piperidine rings is 1. The number of imide groups is 1. The number of hydrogen-bond acceptors (Lipinski definition) is 8. The molecule has 1 atom stereocenters. The number of hydrogen-bond donors (Lipinski definition) is 3. The fraction of sp³-hybridized carbons (Fsp3) is 0.167. The van der Waals surface area contributed by atoms with Gasteiger partial charge in [-0.3, -0.25) is 29.1 Å². The van der Waals surface area contributed by atoms with Gasteiger partial charge in [-0.15, -0.1) is 0 Å². The summed E-state index contributed by atoms with van der Waals surface area (Å²) in [7, 11) is 0. The second kappa shape index (κ2) is 8.20. The molecule has 11 heteroatoms. The third-order valence-electron chi connectivity index (χ3n) is 5.85. The quantitative estimate of drug-likeness (QED) is 0.299. The van der Waals surface area contributed by atoms with Gasteiger partial charge >= 0.3 is 5.63 Å². The molecule has 3 amide bonds. The number of phenolic OH excluding ortho intramolecular Hbond substituents is 1. The number of anilines is 1. The molecule has 11 nitrogen and oxygen atoms in total. The zero-order chi connectivity index (χ0) is 24.9. The summed E-state index contributed by atoms with van der Waals surface area (Å²) in [6.45, 7) is 1.56. The molecule has 4 aromatic rings. The van der Waals surface area contributed by atoms with Crippen LogP contribution in [0.2, 0.25) is 0 Å². The van der Waals surface area contributed by atoms with Gasteiger partial charge in [-0.25, -0.2) is 9.78 Å². The zero-order valence-corrected chi connectivity index (χ0v) is 18.3. The van der Waals surface area contributed by atoms with Crippen molar-refractivity contribution >= 4 is 45.3 Å². The van der Waals surface area contributed by atoms with Gasteiger partial charge in [0.2, 0.25) is 11.8 Å². The number of nitrogens with one attached hydrogen (secondary N) is 2. The van der Waals surface area contributed by atoms with Gasteiger partial charge in [0.05, 0.1) is 16.6 Å². The maximum atomic E-state index is 13.3. The molecule has 0 saturated carbocycles. The summed E-state index contributed by atoms with van der Waals surface area (Å²) in [6, 6.07) is 8.77. The molecule has 3 heterocycles. The summed E-state index contributed by atoms with van der Waals surface area (Å²) in [5.41, 5.74) is -0.731. The Morgan fingerprint density at radius 3 is 2.71 bits per heavy atom. The van der Waals surface area contributed by atoms with E-state index in [2.05, 4.69) is 15.6 Å². The molecule has 176 valence electrons. The second-order valence-corrected chi connectivity index (χ2v) is 8.12. The highest BCUT2D eigenvalue weighted by molar-refractivity contribution is 6.14. The molecule has 2 aromatic carbocycles. The number of carbonyl (C=O) groups is 3. The maximum Gasteiger partial charge on any atom is 0.337 e. The van der Waals surface area contributed by atoms with E-state index in [4.69, 9.17) is 4.42 Å². The molecule has 0 radical (unpaired) electrons. The monoisotopic (exact) mass is 474 g/mol. The number of nitrogens with zero attached hydrogens (tertiary/aromatic N) is 2. The number of carbonyl (C=O) groups excluding carboxylic acids is 3. The number of phenols is 1. The Labute approximate surface area is 196 Å². The lowest BCUT2D eigenvalue weighted by Crippen LogP contribution is -2.45. The van der Waals surface area contributed by atoms with Crippen LogP contribution in [0.25, 0.3) is 21.9 Å². The molecule has 1 fully saturated rings. The Morgan fingerprint density at radius 1 is 1.14 bits per heavy atom. The molecule has 1 aliphatic rings. The molecule has 5 rings (SSSR count). The summed E-state index contributed by atoms with van der Waals surface area (Å²) in [5.74, 6) is -1.53. The van der Waals surface area contributed by atoms with Crippen molar-refractivity contribution in [3.8, 4) is 5.75 Å². The van der Waals surface area contributed by atoms with Crippen molar-refractivity contribution in [1.82, 2.24) is 14.9 Å². The van der Waals surface area contributed by atoms with Crippen molar-refractivity contribution < 1.29 is 23.9 Å². The lowest BCUT2D eigenvalue weighted by molar-refractivity contribution is -0.135. The number of aromatic hydroxyl groups is 1. The number of amides is 3. The first kappa shape index (κ1) is 22.0. The molecule has 0 spiro atoms. The predicted octanol–water partition coefficient (Wildman–Crippen LogP) is 1.75. The lowest BCUT2D eigenvalue weighted by Gasteiger charge is -2.24. The molecule has 0 bridgehead atoms. The Kier molecular flexibility index (Phi) is 5.16. The molecule has 3 N–H and O–H groups in total. The summed E-state index contributed by atoms with van der Waals surface area (Å²) >= 11 is 0. The van der Waals surface area contributed by atoms with Crippen LogP contribution in [0.15, 0.2) is 56.5 Å². The Bertz CT molecular complexity index is 1690. The molecular formula is C24H18N4O7. The first-order valence-electron chi connectivity index (χ1n) is 10.7. The van der Waals surface area contributed by atoms with Crippen LogP contribution in [-0.4, -0.2) is 32.4 Å². The van der Waals surface area contributed by atoms with Crippen LogP contribution in [0.5, 0.6) is 5.75 Å². The largest absolute Gasteiger partial charge is 0.508 e. The molecule has 35 heavy (non-hydrogen) atoms. The minimum Gasteiger partial charge on any atom is -0.508 e. The van der Waals surface area contributed by atoms with Crippen molar-refractivity contribution in [2.45, 2.75) is 25.8 Å². The van der Waals surface area contributed by atoms with Gasteiger partial charge in [0.15, 0.2) is 0 Å². The van der Waals surface area contributed by atoms with Crippen molar-refractivity contribution in [2.24, 2.45) is 0 Å². The van der Waals surface area contributed by atoms with Crippen LogP contribution >= 0.6 is 0 Å². The highest BCUT2D eigenvalue weighted by Crippen LogP contribution is 2.26. The van der Waals surface area contributed by atoms with Crippen LogP contribution in [0.3, 0.4) is 0 Å². The highest BCUT2D eigenvalue weighted by Gasteiger charge is 2.30. The smallest absolute Gasteiger partial charge is 0.337 e. The van der Waals surface area contributed by atoms with E-state index in [-0.39, 0.29) is 57.5 Å². The lowest BCUT2D eigenvalue weighted by atomic mass is 10.1. The molecule has 1 aliphatic heterocycles. The summed E-state index contributed by atoms with van der Waals surface area (Å²) < 4.78 is 6.33. The third kappa shape index (κ3) is 3.82. The SMILES string of the molecule is Cc1nc2c(NC(=O)c3cc(=O)oc4ccc(O)cc34)cccc2c(=O)n1C1CCC(=O)NC1=O. The minimum atomic E-state index is -0.877. The summed E-state index contributed by atoms with van der Waals surface area (Å²) in [5, 5.41) is 15.1. The topological polar surface area (TPSA) is 161 Å². The molecule has 1 saturated heterocycles. The minimum absolute atomic E-state index is 0.0299. The van der Waals surface area contributed by atoms with Crippen LogP contribution < -0.4 is 21.8 Å².